The maximum atomic E-state index is 14.7. The SMILES string of the molecule is CNCc1cccc(-c2ccc(O)cc2C2=C3C(=O)O/C(=C\[C@H](CCO)Cc4ccccc4)[C@@]34CC[C@@H]2[C@@H]2CCC3=C(C(=O)O/C3=C\C[C@H](C)CO)[C@@H]24)c1. The smallest absolute Gasteiger partial charge is 0.340 e. The maximum Gasteiger partial charge on any atom is 0.340 e. The Hall–Kier alpha value is -4.76. The number of rotatable bonds is 12. The predicted molar refractivity (Wildman–Crippen MR) is 206 cm³/mol. The Bertz CT molecular complexity index is 2090. The number of fused-ring (bicyclic) bond motifs is 1. The Morgan fingerprint density at radius 3 is 2.52 bits per heavy atom. The summed E-state index contributed by atoms with van der Waals surface area (Å²) in [4.78, 5) is 28.8. The summed E-state index contributed by atoms with van der Waals surface area (Å²) in [6.45, 7) is 2.68. The fourth-order valence-corrected chi connectivity index (χ4v) is 10.2. The minimum Gasteiger partial charge on any atom is -0.508 e. The summed E-state index contributed by atoms with van der Waals surface area (Å²) in [7, 11) is 1.92. The number of hydrogen-bond donors (Lipinski definition) is 4. The molecule has 0 radical (unpaired) electrons. The number of hydrogen-bond acceptors (Lipinski definition) is 8. The Morgan fingerprint density at radius 2 is 1.74 bits per heavy atom. The lowest BCUT2D eigenvalue weighted by molar-refractivity contribution is -0.135. The summed E-state index contributed by atoms with van der Waals surface area (Å²) < 4.78 is 12.5. The Labute approximate surface area is 316 Å². The molecule has 3 aromatic carbocycles. The molecule has 4 N–H and O–H groups in total. The van der Waals surface area contributed by atoms with E-state index in [2.05, 4.69) is 41.7 Å². The molecule has 1 spiro atoms. The van der Waals surface area contributed by atoms with Gasteiger partial charge in [0.1, 0.15) is 17.3 Å². The minimum atomic E-state index is -0.930. The van der Waals surface area contributed by atoms with E-state index in [9.17, 15) is 24.9 Å². The first kappa shape index (κ1) is 36.2. The van der Waals surface area contributed by atoms with Crippen molar-refractivity contribution >= 4 is 17.5 Å². The lowest BCUT2D eigenvalue weighted by Gasteiger charge is -2.56. The second-order valence-corrected chi connectivity index (χ2v) is 15.8. The third kappa shape index (κ3) is 6.14. The van der Waals surface area contributed by atoms with Gasteiger partial charge in [0.25, 0.3) is 0 Å². The molecular weight excluding hydrogens is 679 g/mol. The zero-order chi connectivity index (χ0) is 37.6. The van der Waals surface area contributed by atoms with Gasteiger partial charge in [0.05, 0.1) is 11.0 Å². The molecule has 9 rings (SSSR count). The van der Waals surface area contributed by atoms with Crippen LogP contribution in [0.15, 0.2) is 113 Å². The molecule has 0 unspecified atom stereocenters. The van der Waals surface area contributed by atoms with E-state index in [0.717, 1.165) is 51.8 Å². The number of aliphatic hydroxyl groups excluding tert-OH is 2. The summed E-state index contributed by atoms with van der Waals surface area (Å²) in [5.74, 6) is 0.0219. The summed E-state index contributed by atoms with van der Waals surface area (Å²) in [6.07, 6.45) is 8.62. The minimum absolute atomic E-state index is 0.0219. The van der Waals surface area contributed by atoms with Gasteiger partial charge in [-0.25, -0.2) is 9.59 Å². The van der Waals surface area contributed by atoms with Crippen molar-refractivity contribution in [1.82, 2.24) is 5.32 Å². The van der Waals surface area contributed by atoms with Crippen molar-refractivity contribution in [3.63, 3.8) is 0 Å². The van der Waals surface area contributed by atoms with Crippen molar-refractivity contribution in [3.05, 3.63) is 130 Å². The number of nitrogens with one attached hydrogen (secondary N) is 1. The number of aliphatic hydroxyl groups is 2. The quantitative estimate of drug-likeness (QED) is 0.142. The first-order chi connectivity index (χ1) is 26.3. The van der Waals surface area contributed by atoms with E-state index in [1.165, 1.54) is 0 Å². The van der Waals surface area contributed by atoms with Crippen LogP contribution in [0.4, 0.5) is 0 Å². The number of carbonyl (C=O) groups is 2. The first-order valence-electron chi connectivity index (χ1n) is 19.4. The Kier molecular flexibility index (Phi) is 9.94. The average molecular weight is 728 g/mol. The Morgan fingerprint density at radius 1 is 0.926 bits per heavy atom. The fourth-order valence-electron chi connectivity index (χ4n) is 10.2. The van der Waals surface area contributed by atoms with E-state index in [4.69, 9.17) is 9.47 Å². The van der Waals surface area contributed by atoms with Crippen LogP contribution in [-0.4, -0.2) is 47.5 Å². The van der Waals surface area contributed by atoms with Crippen LogP contribution in [0, 0.1) is 35.0 Å². The molecule has 4 aliphatic carbocycles. The van der Waals surface area contributed by atoms with Gasteiger partial charge in [0.15, 0.2) is 0 Å². The van der Waals surface area contributed by atoms with Crippen molar-refractivity contribution < 1.29 is 34.4 Å². The molecule has 1 saturated heterocycles. The number of cyclic esters (lactones) is 2. The van der Waals surface area contributed by atoms with Crippen LogP contribution in [-0.2, 0) is 32.0 Å². The molecule has 280 valence electrons. The average Bonchev–Trinajstić information content (AvgIpc) is 3.66. The van der Waals surface area contributed by atoms with E-state index < -0.39 is 11.4 Å². The first-order valence-corrected chi connectivity index (χ1v) is 19.4. The zero-order valence-corrected chi connectivity index (χ0v) is 31.0. The highest BCUT2D eigenvalue weighted by molar-refractivity contribution is 6.07. The fraction of sp³-hybridized carbons (Fsp3) is 0.391. The van der Waals surface area contributed by atoms with Gasteiger partial charge in [-0.3, -0.25) is 0 Å². The van der Waals surface area contributed by atoms with E-state index in [0.29, 0.717) is 61.3 Å². The predicted octanol–water partition coefficient (Wildman–Crippen LogP) is 7.41. The van der Waals surface area contributed by atoms with Gasteiger partial charge in [-0.05, 0) is 139 Å². The van der Waals surface area contributed by atoms with Crippen molar-refractivity contribution in [2.75, 3.05) is 20.3 Å². The van der Waals surface area contributed by atoms with E-state index in [1.807, 2.05) is 50.4 Å². The molecule has 2 fully saturated rings. The van der Waals surface area contributed by atoms with Crippen molar-refractivity contribution in [2.45, 2.75) is 58.4 Å². The Balaban J connectivity index is 1.35. The van der Waals surface area contributed by atoms with Crippen LogP contribution in [0.5, 0.6) is 5.75 Å². The molecule has 2 bridgehead atoms. The molecule has 6 atom stereocenters. The molecule has 8 heteroatoms. The van der Waals surface area contributed by atoms with Gasteiger partial charge < -0.3 is 30.1 Å². The number of allylic oxidation sites excluding steroid dienone is 5. The van der Waals surface area contributed by atoms with E-state index >= 15 is 0 Å². The maximum absolute atomic E-state index is 14.7. The zero-order valence-electron chi connectivity index (χ0n) is 31.0. The summed E-state index contributed by atoms with van der Waals surface area (Å²) in [5, 5.41) is 34.2. The second-order valence-electron chi connectivity index (χ2n) is 15.8. The number of esters is 2. The number of phenolic OH excluding ortho intramolecular Hbond substituents is 1. The highest BCUT2D eigenvalue weighted by atomic mass is 16.5. The number of phenols is 1. The van der Waals surface area contributed by atoms with Gasteiger partial charge in [0, 0.05) is 36.8 Å². The molecule has 3 aromatic rings. The molecule has 0 aromatic heterocycles. The number of benzene rings is 3. The number of carbonyl (C=O) groups excluding carboxylic acids is 2. The van der Waals surface area contributed by atoms with E-state index in [1.54, 1.807) is 12.1 Å². The van der Waals surface area contributed by atoms with Gasteiger partial charge in [-0.2, -0.15) is 0 Å². The molecule has 8 nitrogen and oxygen atoms in total. The third-order valence-corrected chi connectivity index (χ3v) is 12.5. The highest BCUT2D eigenvalue weighted by Crippen LogP contribution is 2.72. The van der Waals surface area contributed by atoms with Crippen LogP contribution < -0.4 is 5.32 Å². The topological polar surface area (TPSA) is 125 Å². The lowest BCUT2D eigenvalue weighted by atomic mass is 9.44. The molecular formula is C46H49NO7. The second kappa shape index (κ2) is 14.8. The molecule has 6 aliphatic rings. The van der Waals surface area contributed by atoms with Crippen LogP contribution in [0.1, 0.15) is 62.1 Å². The third-order valence-electron chi connectivity index (χ3n) is 12.5. The van der Waals surface area contributed by atoms with Crippen LogP contribution in [0.3, 0.4) is 0 Å². The molecule has 1 saturated carbocycles. The summed E-state index contributed by atoms with van der Waals surface area (Å²) in [6, 6.07) is 23.9. The van der Waals surface area contributed by atoms with Gasteiger partial charge in [-0.15, -0.1) is 0 Å². The molecule has 0 amide bonds. The van der Waals surface area contributed by atoms with Crippen LogP contribution in [0.2, 0.25) is 0 Å². The van der Waals surface area contributed by atoms with E-state index in [-0.39, 0.29) is 54.5 Å². The van der Waals surface area contributed by atoms with Crippen molar-refractivity contribution in [2.24, 2.45) is 35.0 Å². The van der Waals surface area contributed by atoms with Crippen molar-refractivity contribution in [1.29, 1.82) is 0 Å². The molecule has 54 heavy (non-hydrogen) atoms. The van der Waals surface area contributed by atoms with Gasteiger partial charge >= 0.3 is 11.9 Å². The van der Waals surface area contributed by atoms with Gasteiger partial charge in [0.2, 0.25) is 0 Å². The summed E-state index contributed by atoms with van der Waals surface area (Å²) in [5.41, 5.74) is 7.10. The normalized spacial score (nSPS) is 26.9. The molecule has 2 heterocycles. The monoisotopic (exact) mass is 727 g/mol. The highest BCUT2D eigenvalue weighted by Gasteiger charge is 2.68. The number of ether oxygens (including phenoxy) is 2. The lowest BCUT2D eigenvalue weighted by Crippen LogP contribution is -2.52. The molecule has 2 aliphatic heterocycles. The standard InChI is InChI=1S/C46H49NO7/c1-27(26-49)11-16-38-36-15-14-35-34-17-19-46(42(35)41(36)44(51)53-38)39(23-29(18-20-48)21-28-7-4-3-5-8-28)54-45(52)43(46)40(34)37-24-32(50)12-13-33(37)31-10-6-9-30(22-31)25-47-2/h3-10,12-13,16,22-24,27,29,34-35,42,47-50H,11,14-15,17-21,25-26H2,1-2H3/b38-16-,39-23-/t27-,29+,34+,35-,42+,46+/m0/s1. The summed E-state index contributed by atoms with van der Waals surface area (Å²) >= 11 is 0. The van der Waals surface area contributed by atoms with Crippen LogP contribution in [0.25, 0.3) is 16.7 Å². The van der Waals surface area contributed by atoms with Crippen LogP contribution >= 0.6 is 0 Å². The number of aromatic hydroxyl groups is 1. The largest absolute Gasteiger partial charge is 0.508 e. The van der Waals surface area contributed by atoms with Crippen molar-refractivity contribution in [3.8, 4) is 16.9 Å². The van der Waals surface area contributed by atoms with Gasteiger partial charge in [-0.1, -0.05) is 61.5 Å².